The average molecular weight is 470 g/mol. The van der Waals surface area contributed by atoms with E-state index in [4.69, 9.17) is 9.47 Å². The van der Waals surface area contributed by atoms with Gasteiger partial charge in [0, 0.05) is 0 Å². The first-order valence-electron chi connectivity index (χ1n) is 9.71. The molecule has 2 amide bonds. The third kappa shape index (κ3) is 5.35. The molecule has 0 spiro atoms. The highest BCUT2D eigenvalue weighted by molar-refractivity contribution is 8.18. The number of carbonyl (C=O) groups excluding carboxylic acids is 4. The molecule has 9 nitrogen and oxygen atoms in total. The normalized spacial score (nSPS) is 15.5. The lowest BCUT2D eigenvalue weighted by atomic mass is 10.1. The van der Waals surface area contributed by atoms with Gasteiger partial charge in [0.2, 0.25) is 0 Å². The first kappa shape index (κ1) is 23.9. The maximum absolute atomic E-state index is 12.6. The molecule has 33 heavy (non-hydrogen) atoms. The largest absolute Gasteiger partial charge is 0.545 e. The molecule has 1 aliphatic heterocycles. The molecule has 0 radical (unpaired) electrons. The van der Waals surface area contributed by atoms with Crippen molar-refractivity contribution in [2.45, 2.75) is 19.6 Å². The zero-order valence-corrected chi connectivity index (χ0v) is 18.8. The number of aromatic carboxylic acids is 1. The molecule has 10 heteroatoms. The van der Waals surface area contributed by atoms with E-state index in [1.54, 1.807) is 30.3 Å². The summed E-state index contributed by atoms with van der Waals surface area (Å²) in [5.41, 5.74) is 1.26. The van der Waals surface area contributed by atoms with Gasteiger partial charge in [0.15, 0.2) is 11.5 Å². The number of rotatable bonds is 8. The van der Waals surface area contributed by atoms with Crippen molar-refractivity contribution in [2.24, 2.45) is 0 Å². The molecule has 1 heterocycles. The summed E-state index contributed by atoms with van der Waals surface area (Å²) in [5.74, 6) is -1.77. The minimum Gasteiger partial charge on any atom is -0.545 e. The minimum absolute atomic E-state index is 0.0499. The van der Waals surface area contributed by atoms with Crippen molar-refractivity contribution in [3.63, 3.8) is 0 Å². The van der Waals surface area contributed by atoms with Gasteiger partial charge >= 0.3 is 5.97 Å². The molecule has 1 aliphatic rings. The Labute approximate surface area is 193 Å². The van der Waals surface area contributed by atoms with Gasteiger partial charge < -0.3 is 24.1 Å². The van der Waals surface area contributed by atoms with Crippen LogP contribution in [0, 0.1) is 0 Å². The number of ether oxygens (including phenoxy) is 3. The van der Waals surface area contributed by atoms with E-state index in [0.29, 0.717) is 22.6 Å². The van der Waals surface area contributed by atoms with Crippen molar-refractivity contribution in [2.75, 3.05) is 14.2 Å². The fraction of sp³-hybridized carbons (Fsp3) is 0.217. The lowest BCUT2D eigenvalue weighted by Crippen LogP contribution is -2.42. The van der Waals surface area contributed by atoms with Crippen LogP contribution in [-0.2, 0) is 20.9 Å². The maximum Gasteiger partial charge on any atom is 0.328 e. The molecule has 0 unspecified atom stereocenters. The highest BCUT2D eigenvalue weighted by Gasteiger charge is 2.41. The maximum atomic E-state index is 12.6. The molecule has 3 rings (SSSR count). The molecule has 0 bridgehead atoms. The van der Waals surface area contributed by atoms with Gasteiger partial charge in [-0.2, -0.15) is 0 Å². The Morgan fingerprint density at radius 1 is 1.12 bits per heavy atom. The van der Waals surface area contributed by atoms with Gasteiger partial charge in [-0.15, -0.1) is 0 Å². The van der Waals surface area contributed by atoms with Crippen LogP contribution in [0.4, 0.5) is 4.79 Å². The highest BCUT2D eigenvalue weighted by Crippen LogP contribution is 2.35. The van der Waals surface area contributed by atoms with E-state index >= 15 is 0 Å². The molecule has 0 aromatic heterocycles. The Morgan fingerprint density at radius 3 is 2.55 bits per heavy atom. The van der Waals surface area contributed by atoms with E-state index in [1.807, 2.05) is 0 Å². The summed E-state index contributed by atoms with van der Waals surface area (Å²) in [4.78, 5) is 48.6. The Kier molecular flexibility index (Phi) is 7.39. The van der Waals surface area contributed by atoms with Crippen LogP contribution in [0.25, 0.3) is 6.08 Å². The number of esters is 1. The Bertz CT molecular complexity index is 1140. The van der Waals surface area contributed by atoms with E-state index in [0.717, 1.165) is 16.7 Å². The van der Waals surface area contributed by atoms with Gasteiger partial charge in [0.05, 0.1) is 25.1 Å². The monoisotopic (exact) mass is 470 g/mol. The van der Waals surface area contributed by atoms with Crippen LogP contribution in [0.2, 0.25) is 0 Å². The summed E-state index contributed by atoms with van der Waals surface area (Å²) in [6, 6.07) is 10.1. The fourth-order valence-electron chi connectivity index (χ4n) is 3.08. The second-order valence-corrected chi connectivity index (χ2v) is 7.93. The van der Waals surface area contributed by atoms with E-state index < -0.39 is 29.1 Å². The van der Waals surface area contributed by atoms with Crippen LogP contribution in [-0.4, -0.2) is 48.2 Å². The van der Waals surface area contributed by atoms with Crippen molar-refractivity contribution >= 4 is 40.9 Å². The van der Waals surface area contributed by atoms with Gasteiger partial charge in [-0.3, -0.25) is 14.5 Å². The molecule has 1 fully saturated rings. The number of amides is 2. The lowest BCUT2D eigenvalue weighted by Gasteiger charge is -2.18. The molecule has 0 aliphatic carbocycles. The van der Waals surface area contributed by atoms with Crippen molar-refractivity contribution in [1.82, 2.24) is 4.90 Å². The zero-order chi connectivity index (χ0) is 24.1. The van der Waals surface area contributed by atoms with Crippen LogP contribution in [0.5, 0.6) is 11.5 Å². The number of thioether (sulfide) groups is 1. The van der Waals surface area contributed by atoms with Crippen LogP contribution in [0.1, 0.15) is 28.4 Å². The molecular weight excluding hydrogens is 450 g/mol. The predicted octanol–water partition coefficient (Wildman–Crippen LogP) is 2.24. The van der Waals surface area contributed by atoms with Gasteiger partial charge in [0.25, 0.3) is 11.1 Å². The number of carboxylic acids is 1. The number of carboxylic acid groups (broad SMARTS) is 1. The Morgan fingerprint density at radius 2 is 1.88 bits per heavy atom. The number of hydrogen-bond acceptors (Lipinski definition) is 9. The molecule has 172 valence electrons. The summed E-state index contributed by atoms with van der Waals surface area (Å²) in [7, 11) is 2.64. The first-order valence-corrected chi connectivity index (χ1v) is 10.5. The number of nitrogens with zero attached hydrogens (tertiary/aromatic N) is 1. The van der Waals surface area contributed by atoms with Crippen LogP contribution >= 0.6 is 11.8 Å². The molecular formula is C23H20NO8S-. The Balaban J connectivity index is 1.77. The third-order valence-electron chi connectivity index (χ3n) is 4.80. The van der Waals surface area contributed by atoms with Crippen molar-refractivity contribution in [1.29, 1.82) is 0 Å². The van der Waals surface area contributed by atoms with E-state index in [-0.39, 0.29) is 17.1 Å². The van der Waals surface area contributed by atoms with Crippen LogP contribution < -0.4 is 14.6 Å². The molecule has 1 saturated heterocycles. The number of hydrogen-bond donors (Lipinski definition) is 0. The number of methoxy groups -OCH3 is 2. The van der Waals surface area contributed by atoms with Crippen molar-refractivity contribution in [3.05, 3.63) is 64.1 Å². The minimum atomic E-state index is -1.27. The second-order valence-electron chi connectivity index (χ2n) is 6.94. The third-order valence-corrected chi connectivity index (χ3v) is 5.68. The summed E-state index contributed by atoms with van der Waals surface area (Å²) in [5, 5.41) is 10.4. The van der Waals surface area contributed by atoms with E-state index in [1.165, 1.54) is 39.4 Å². The van der Waals surface area contributed by atoms with E-state index in [9.17, 15) is 24.3 Å². The molecule has 0 N–H and O–H groups in total. The van der Waals surface area contributed by atoms with Crippen LogP contribution in [0.15, 0.2) is 47.4 Å². The van der Waals surface area contributed by atoms with Crippen LogP contribution in [0.3, 0.4) is 0 Å². The number of benzene rings is 2. The zero-order valence-electron chi connectivity index (χ0n) is 18.0. The highest BCUT2D eigenvalue weighted by atomic mass is 32.2. The van der Waals surface area contributed by atoms with Gasteiger partial charge in [-0.25, -0.2) is 4.79 Å². The second kappa shape index (κ2) is 10.2. The predicted molar refractivity (Wildman–Crippen MR) is 117 cm³/mol. The summed E-state index contributed by atoms with van der Waals surface area (Å²) >= 11 is 0.727. The average Bonchev–Trinajstić information content (AvgIpc) is 3.09. The molecule has 2 aromatic carbocycles. The smallest absolute Gasteiger partial charge is 0.328 e. The standard InChI is InChI=1S/C23H21NO8S/c1-13(22(28)31-3)24-20(25)19(33-23(24)29)11-14-7-8-17(18(10-14)30-2)32-12-15-5-4-6-16(9-15)21(26)27/h4-11,13H,12H2,1-3H3,(H,26,27)/p-1/b19-11+/t13-/m1/s1. The lowest BCUT2D eigenvalue weighted by molar-refractivity contribution is -0.255. The number of imide groups is 1. The summed E-state index contributed by atoms with van der Waals surface area (Å²) < 4.78 is 15.7. The molecule has 2 aromatic rings. The SMILES string of the molecule is COC(=O)[C@@H](C)N1C(=O)S/C(=C/c2ccc(OCc3cccc(C(=O)[O-])c3)c(OC)c2)C1=O. The summed E-state index contributed by atoms with van der Waals surface area (Å²) in [6.45, 7) is 1.52. The van der Waals surface area contributed by atoms with Gasteiger partial charge in [0.1, 0.15) is 12.6 Å². The van der Waals surface area contributed by atoms with Crippen molar-refractivity contribution < 1.29 is 38.5 Å². The first-order chi connectivity index (χ1) is 15.7. The summed E-state index contributed by atoms with van der Waals surface area (Å²) in [6.07, 6.45) is 1.52. The quantitative estimate of drug-likeness (QED) is 0.422. The van der Waals surface area contributed by atoms with Crippen molar-refractivity contribution in [3.8, 4) is 11.5 Å². The Hall–Kier alpha value is -3.79. The van der Waals surface area contributed by atoms with Gasteiger partial charge in [-0.05, 0) is 59.7 Å². The topological polar surface area (TPSA) is 122 Å². The van der Waals surface area contributed by atoms with E-state index in [2.05, 4.69) is 4.74 Å². The molecule has 0 saturated carbocycles. The molecule has 1 atom stereocenters. The fourth-order valence-corrected chi connectivity index (χ4v) is 3.99. The number of carbonyl (C=O) groups is 4. The van der Waals surface area contributed by atoms with Gasteiger partial charge in [-0.1, -0.05) is 24.3 Å².